The Morgan fingerprint density at radius 1 is 1.36 bits per heavy atom. The highest BCUT2D eigenvalue weighted by Gasteiger charge is 2.27. The minimum absolute atomic E-state index is 0.0548. The topological polar surface area (TPSA) is 102 Å². The zero-order valence-corrected chi connectivity index (χ0v) is 16.1. The van der Waals surface area contributed by atoms with Crippen LogP contribution in [0, 0.1) is 0 Å². The molecule has 0 aliphatic carbocycles. The SMILES string of the molecule is CC1NCCN(C(=O)CSCCOc2ccc(S(N)(=O)=O)cc2)C1C. The Bertz CT molecular complexity index is 679. The Balaban J connectivity index is 1.68. The van der Waals surface area contributed by atoms with Crippen LogP contribution in [-0.2, 0) is 14.8 Å². The molecule has 1 amide bonds. The van der Waals surface area contributed by atoms with Gasteiger partial charge in [0, 0.05) is 30.9 Å². The summed E-state index contributed by atoms with van der Waals surface area (Å²) < 4.78 is 27.9. The molecule has 1 aliphatic heterocycles. The number of carbonyl (C=O) groups excluding carboxylic acids is 1. The van der Waals surface area contributed by atoms with E-state index in [0.717, 1.165) is 13.1 Å². The number of hydrogen-bond acceptors (Lipinski definition) is 6. The number of nitrogens with zero attached hydrogens (tertiary/aromatic N) is 1. The first-order valence-electron chi connectivity index (χ1n) is 8.15. The number of nitrogens with two attached hydrogens (primary N) is 1. The second-order valence-corrected chi connectivity index (χ2v) is 8.65. The molecular formula is C16H25N3O4S2. The number of sulfonamides is 1. The van der Waals surface area contributed by atoms with E-state index in [-0.39, 0.29) is 16.8 Å². The molecule has 1 fully saturated rings. The summed E-state index contributed by atoms with van der Waals surface area (Å²) in [6.07, 6.45) is 0. The average molecular weight is 388 g/mol. The Morgan fingerprint density at radius 2 is 2.04 bits per heavy atom. The number of amides is 1. The number of hydrogen-bond donors (Lipinski definition) is 2. The fraction of sp³-hybridized carbons (Fsp3) is 0.562. The summed E-state index contributed by atoms with van der Waals surface area (Å²) in [6.45, 7) is 6.18. The van der Waals surface area contributed by atoms with Crippen molar-refractivity contribution in [1.29, 1.82) is 0 Å². The monoisotopic (exact) mass is 387 g/mol. The maximum Gasteiger partial charge on any atom is 0.238 e. The van der Waals surface area contributed by atoms with Gasteiger partial charge in [-0.1, -0.05) is 0 Å². The lowest BCUT2D eigenvalue weighted by molar-refractivity contribution is -0.131. The van der Waals surface area contributed by atoms with Gasteiger partial charge in [0.2, 0.25) is 15.9 Å². The van der Waals surface area contributed by atoms with Crippen molar-refractivity contribution < 1.29 is 17.9 Å². The quantitative estimate of drug-likeness (QED) is 0.666. The zero-order valence-electron chi connectivity index (χ0n) is 14.5. The Labute approximate surface area is 153 Å². The lowest BCUT2D eigenvalue weighted by Gasteiger charge is -2.38. The van der Waals surface area contributed by atoms with Crippen LogP contribution in [0.2, 0.25) is 0 Å². The highest BCUT2D eigenvalue weighted by Crippen LogP contribution is 2.16. The van der Waals surface area contributed by atoms with E-state index in [1.807, 2.05) is 4.90 Å². The summed E-state index contributed by atoms with van der Waals surface area (Å²) in [7, 11) is -3.68. The minimum atomic E-state index is -3.68. The first kappa shape index (κ1) is 20.0. The predicted molar refractivity (Wildman–Crippen MR) is 99.3 cm³/mol. The van der Waals surface area contributed by atoms with E-state index in [2.05, 4.69) is 19.2 Å². The molecular weight excluding hydrogens is 362 g/mol. The molecule has 9 heteroatoms. The van der Waals surface area contributed by atoms with Crippen LogP contribution in [0.1, 0.15) is 13.8 Å². The van der Waals surface area contributed by atoms with Gasteiger partial charge < -0.3 is 15.0 Å². The molecule has 1 heterocycles. The minimum Gasteiger partial charge on any atom is -0.493 e. The zero-order chi connectivity index (χ0) is 18.4. The van der Waals surface area contributed by atoms with E-state index in [0.29, 0.717) is 29.9 Å². The molecule has 140 valence electrons. The standard InChI is InChI=1S/C16H25N3O4S2/c1-12-13(2)19(8-7-18-12)16(20)11-24-10-9-23-14-3-5-15(6-4-14)25(17,21)22/h3-6,12-13,18H,7-11H2,1-2H3,(H2,17,21,22). The summed E-state index contributed by atoms with van der Waals surface area (Å²) in [4.78, 5) is 14.3. The Morgan fingerprint density at radius 3 is 2.68 bits per heavy atom. The highest BCUT2D eigenvalue weighted by atomic mass is 32.2. The van der Waals surface area contributed by atoms with Crippen LogP contribution < -0.4 is 15.2 Å². The van der Waals surface area contributed by atoms with Gasteiger partial charge in [-0.05, 0) is 38.1 Å². The van der Waals surface area contributed by atoms with E-state index < -0.39 is 10.0 Å². The van der Waals surface area contributed by atoms with Crippen molar-refractivity contribution in [3.8, 4) is 5.75 Å². The van der Waals surface area contributed by atoms with Crippen molar-refractivity contribution in [3.05, 3.63) is 24.3 Å². The predicted octanol–water partition coefficient (Wildman–Crippen LogP) is 0.655. The van der Waals surface area contributed by atoms with Gasteiger partial charge in [0.15, 0.2) is 0 Å². The summed E-state index contributed by atoms with van der Waals surface area (Å²) >= 11 is 1.53. The van der Waals surface area contributed by atoms with E-state index in [1.165, 1.54) is 23.9 Å². The largest absolute Gasteiger partial charge is 0.493 e. The van der Waals surface area contributed by atoms with Gasteiger partial charge in [0.05, 0.1) is 17.3 Å². The second-order valence-electron chi connectivity index (χ2n) is 5.99. The number of rotatable bonds is 7. The van der Waals surface area contributed by atoms with E-state index in [9.17, 15) is 13.2 Å². The lowest BCUT2D eigenvalue weighted by atomic mass is 10.1. The van der Waals surface area contributed by atoms with Gasteiger partial charge in [0.25, 0.3) is 0 Å². The van der Waals surface area contributed by atoms with Crippen molar-refractivity contribution in [2.75, 3.05) is 31.2 Å². The molecule has 1 aromatic carbocycles. The number of primary sulfonamides is 1. The van der Waals surface area contributed by atoms with Gasteiger partial charge in [0.1, 0.15) is 5.75 Å². The number of thioether (sulfide) groups is 1. The summed E-state index contributed by atoms with van der Waals surface area (Å²) in [5, 5.41) is 8.40. The molecule has 2 unspecified atom stereocenters. The van der Waals surface area contributed by atoms with E-state index >= 15 is 0 Å². The van der Waals surface area contributed by atoms with Crippen LogP contribution in [0.5, 0.6) is 5.75 Å². The number of piperazine rings is 1. The maximum absolute atomic E-state index is 12.3. The normalized spacial score (nSPS) is 21.2. The molecule has 7 nitrogen and oxygen atoms in total. The Hall–Kier alpha value is -1.29. The molecule has 0 spiro atoms. The third-order valence-corrected chi connectivity index (χ3v) is 6.06. The summed E-state index contributed by atoms with van der Waals surface area (Å²) in [5.41, 5.74) is 0. The fourth-order valence-electron chi connectivity index (χ4n) is 2.59. The van der Waals surface area contributed by atoms with Gasteiger partial charge >= 0.3 is 0 Å². The van der Waals surface area contributed by atoms with E-state index in [1.54, 1.807) is 12.1 Å². The Kier molecular flexibility index (Phi) is 7.12. The molecule has 1 aliphatic rings. The van der Waals surface area contributed by atoms with Crippen molar-refractivity contribution >= 4 is 27.7 Å². The average Bonchev–Trinajstić information content (AvgIpc) is 2.56. The summed E-state index contributed by atoms with van der Waals surface area (Å²) in [6, 6.07) is 6.48. The van der Waals surface area contributed by atoms with Crippen LogP contribution in [0.25, 0.3) is 0 Å². The second kappa shape index (κ2) is 8.88. The molecule has 0 saturated carbocycles. The number of carbonyl (C=O) groups is 1. The summed E-state index contributed by atoms with van der Waals surface area (Å²) in [5.74, 6) is 1.84. The molecule has 25 heavy (non-hydrogen) atoms. The fourth-order valence-corrected chi connectivity index (χ4v) is 3.80. The van der Waals surface area contributed by atoms with Crippen LogP contribution in [0.3, 0.4) is 0 Å². The van der Waals surface area contributed by atoms with Crippen LogP contribution in [-0.4, -0.2) is 62.5 Å². The molecule has 0 aromatic heterocycles. The number of nitrogens with one attached hydrogen (secondary N) is 1. The molecule has 1 aromatic rings. The van der Waals surface area contributed by atoms with Gasteiger partial charge in [-0.15, -0.1) is 11.8 Å². The van der Waals surface area contributed by atoms with Crippen LogP contribution >= 0.6 is 11.8 Å². The van der Waals surface area contributed by atoms with Gasteiger partial charge in [-0.3, -0.25) is 4.79 Å². The van der Waals surface area contributed by atoms with Crippen molar-refractivity contribution in [2.45, 2.75) is 30.8 Å². The molecule has 3 N–H and O–H groups in total. The van der Waals surface area contributed by atoms with Crippen LogP contribution in [0.15, 0.2) is 29.2 Å². The maximum atomic E-state index is 12.3. The van der Waals surface area contributed by atoms with Gasteiger partial charge in [-0.2, -0.15) is 0 Å². The highest BCUT2D eigenvalue weighted by molar-refractivity contribution is 7.99. The first-order valence-corrected chi connectivity index (χ1v) is 10.9. The van der Waals surface area contributed by atoms with Crippen molar-refractivity contribution in [3.63, 3.8) is 0 Å². The molecule has 0 bridgehead atoms. The van der Waals surface area contributed by atoms with Crippen molar-refractivity contribution in [1.82, 2.24) is 10.2 Å². The van der Waals surface area contributed by atoms with Crippen LogP contribution in [0.4, 0.5) is 0 Å². The van der Waals surface area contributed by atoms with Crippen molar-refractivity contribution in [2.24, 2.45) is 5.14 Å². The molecule has 0 radical (unpaired) electrons. The van der Waals surface area contributed by atoms with Gasteiger partial charge in [-0.25, -0.2) is 13.6 Å². The third-order valence-electron chi connectivity index (χ3n) is 4.23. The molecule has 1 saturated heterocycles. The molecule has 2 rings (SSSR count). The van der Waals surface area contributed by atoms with E-state index in [4.69, 9.17) is 9.88 Å². The lowest BCUT2D eigenvalue weighted by Crippen LogP contribution is -2.57. The first-order chi connectivity index (χ1) is 11.8. The molecule has 2 atom stereocenters. The number of benzene rings is 1. The smallest absolute Gasteiger partial charge is 0.238 e. The number of ether oxygens (including phenoxy) is 1. The third kappa shape index (κ3) is 5.88.